The Kier molecular flexibility index (Phi) is 11.2. The van der Waals surface area contributed by atoms with Gasteiger partial charge in [0.2, 0.25) is 0 Å². The molecule has 0 heterocycles. The molecule has 0 amide bonds. The molecule has 1 fully saturated rings. The molecule has 0 aromatic rings. The van der Waals surface area contributed by atoms with E-state index in [1.165, 1.54) is 32.1 Å². The summed E-state index contributed by atoms with van der Waals surface area (Å²) in [5.74, 6) is 1.91. The average molecular weight is 287 g/mol. The monoisotopic (exact) mass is 287 g/mol. The molecule has 0 spiro atoms. The second-order valence-electron chi connectivity index (χ2n) is 5.88. The van der Waals surface area contributed by atoms with Crippen molar-refractivity contribution in [3.8, 4) is 0 Å². The third-order valence-corrected chi connectivity index (χ3v) is 4.09. The van der Waals surface area contributed by atoms with E-state index in [0.717, 1.165) is 31.5 Å². The first-order chi connectivity index (χ1) is 9.83. The van der Waals surface area contributed by atoms with Crippen LogP contribution in [0.25, 0.3) is 0 Å². The first-order valence-electron chi connectivity index (χ1n) is 8.18. The molecule has 0 unspecified atom stereocenters. The summed E-state index contributed by atoms with van der Waals surface area (Å²) in [5.41, 5.74) is 0. The summed E-state index contributed by atoms with van der Waals surface area (Å²) in [7, 11) is 1.68. The van der Waals surface area contributed by atoms with Gasteiger partial charge in [0.15, 0.2) is 0 Å². The Balaban J connectivity index is 1.74. The Labute approximate surface area is 124 Å². The Morgan fingerprint density at radius 3 is 2.20 bits per heavy atom. The van der Waals surface area contributed by atoms with E-state index < -0.39 is 0 Å². The first kappa shape index (κ1) is 17.9. The molecule has 1 saturated carbocycles. The highest BCUT2D eigenvalue weighted by Gasteiger charge is 2.17. The molecule has 0 aromatic carbocycles. The van der Waals surface area contributed by atoms with Gasteiger partial charge in [-0.15, -0.1) is 0 Å². The fourth-order valence-corrected chi connectivity index (χ4v) is 2.66. The molecular weight excluding hydrogens is 254 g/mol. The van der Waals surface area contributed by atoms with Crippen LogP contribution in [0.1, 0.15) is 39.0 Å². The second-order valence-corrected chi connectivity index (χ2v) is 5.88. The van der Waals surface area contributed by atoms with Crippen molar-refractivity contribution in [1.29, 1.82) is 0 Å². The lowest BCUT2D eigenvalue weighted by Crippen LogP contribution is -2.24. The second kappa shape index (κ2) is 12.6. The lowest BCUT2D eigenvalue weighted by atomic mass is 9.81. The van der Waals surface area contributed by atoms with Crippen molar-refractivity contribution >= 4 is 0 Å². The molecule has 4 heteroatoms. The van der Waals surface area contributed by atoms with Crippen molar-refractivity contribution in [3.63, 3.8) is 0 Å². The van der Waals surface area contributed by atoms with Crippen molar-refractivity contribution in [2.45, 2.75) is 39.0 Å². The van der Waals surface area contributed by atoms with Gasteiger partial charge in [0.25, 0.3) is 0 Å². The molecule has 4 nitrogen and oxygen atoms in total. The normalized spacial score (nSPS) is 23.1. The predicted molar refractivity (Wildman–Crippen MR) is 82.1 cm³/mol. The van der Waals surface area contributed by atoms with Crippen molar-refractivity contribution < 1.29 is 14.2 Å². The van der Waals surface area contributed by atoms with Crippen LogP contribution in [0.3, 0.4) is 0 Å². The summed E-state index contributed by atoms with van der Waals surface area (Å²) in [5, 5.41) is 3.47. The third-order valence-electron chi connectivity index (χ3n) is 4.09. The van der Waals surface area contributed by atoms with E-state index in [1.54, 1.807) is 7.11 Å². The molecule has 0 radical (unpaired) electrons. The Bertz CT molecular complexity index is 206. The topological polar surface area (TPSA) is 39.7 Å². The predicted octanol–water partition coefficient (Wildman–Crippen LogP) is 2.47. The summed E-state index contributed by atoms with van der Waals surface area (Å²) in [6.45, 7) is 7.86. The lowest BCUT2D eigenvalue weighted by molar-refractivity contribution is 0.0255. The summed E-state index contributed by atoms with van der Waals surface area (Å²) in [6.07, 6.45) is 7.04. The van der Waals surface area contributed by atoms with E-state index in [2.05, 4.69) is 12.2 Å². The highest BCUT2D eigenvalue weighted by atomic mass is 16.5. The van der Waals surface area contributed by atoms with Gasteiger partial charge < -0.3 is 19.5 Å². The minimum absolute atomic E-state index is 0.651. The fraction of sp³-hybridized carbons (Fsp3) is 1.00. The number of rotatable bonds is 12. The maximum absolute atomic E-state index is 5.49. The summed E-state index contributed by atoms with van der Waals surface area (Å²) >= 11 is 0. The van der Waals surface area contributed by atoms with Crippen LogP contribution in [-0.4, -0.2) is 53.2 Å². The maximum atomic E-state index is 5.49. The number of hydrogen-bond acceptors (Lipinski definition) is 4. The van der Waals surface area contributed by atoms with Gasteiger partial charge in [0.05, 0.1) is 33.0 Å². The van der Waals surface area contributed by atoms with Gasteiger partial charge in [0.1, 0.15) is 0 Å². The first-order valence-corrected chi connectivity index (χ1v) is 8.18. The van der Waals surface area contributed by atoms with E-state index in [4.69, 9.17) is 14.2 Å². The highest BCUT2D eigenvalue weighted by molar-refractivity contribution is 4.70. The summed E-state index contributed by atoms with van der Waals surface area (Å²) in [4.78, 5) is 0. The minimum Gasteiger partial charge on any atom is -0.382 e. The quantitative estimate of drug-likeness (QED) is 0.560. The van der Waals surface area contributed by atoms with Gasteiger partial charge in [-0.05, 0) is 24.8 Å². The zero-order valence-electron chi connectivity index (χ0n) is 13.4. The molecular formula is C16H33NO3. The van der Waals surface area contributed by atoms with E-state index in [1.807, 2.05) is 0 Å². The van der Waals surface area contributed by atoms with Crippen molar-refractivity contribution in [1.82, 2.24) is 5.32 Å². The Morgan fingerprint density at radius 1 is 0.850 bits per heavy atom. The van der Waals surface area contributed by atoms with Crippen LogP contribution in [0.5, 0.6) is 0 Å². The number of ether oxygens (including phenoxy) is 3. The van der Waals surface area contributed by atoms with Crippen LogP contribution < -0.4 is 5.32 Å². The van der Waals surface area contributed by atoms with Crippen LogP contribution in [0.15, 0.2) is 0 Å². The van der Waals surface area contributed by atoms with E-state index >= 15 is 0 Å². The number of nitrogens with one attached hydrogen (secondary N) is 1. The lowest BCUT2D eigenvalue weighted by Gasteiger charge is -2.26. The van der Waals surface area contributed by atoms with Gasteiger partial charge in [-0.1, -0.05) is 32.6 Å². The standard InChI is InChI=1S/C16H33NO3/c1-15-3-5-16(6-4-15)7-8-17-9-10-19-13-14-20-12-11-18-2/h15-17H,3-14H2,1-2H3. The molecule has 0 aliphatic heterocycles. The zero-order valence-corrected chi connectivity index (χ0v) is 13.4. The van der Waals surface area contributed by atoms with Crippen LogP contribution >= 0.6 is 0 Å². The van der Waals surface area contributed by atoms with Gasteiger partial charge in [-0.3, -0.25) is 0 Å². The summed E-state index contributed by atoms with van der Waals surface area (Å²) < 4.78 is 15.7. The zero-order chi connectivity index (χ0) is 14.5. The molecule has 20 heavy (non-hydrogen) atoms. The minimum atomic E-state index is 0.651. The largest absolute Gasteiger partial charge is 0.382 e. The molecule has 120 valence electrons. The summed E-state index contributed by atoms with van der Waals surface area (Å²) in [6, 6.07) is 0. The van der Waals surface area contributed by atoms with Crippen LogP contribution in [0.2, 0.25) is 0 Å². The fourth-order valence-electron chi connectivity index (χ4n) is 2.66. The Hall–Kier alpha value is -0.160. The molecule has 0 aromatic heterocycles. The van der Waals surface area contributed by atoms with Gasteiger partial charge in [-0.25, -0.2) is 0 Å². The van der Waals surface area contributed by atoms with Gasteiger partial charge in [-0.2, -0.15) is 0 Å². The van der Waals surface area contributed by atoms with Crippen molar-refractivity contribution in [3.05, 3.63) is 0 Å². The smallest absolute Gasteiger partial charge is 0.0701 e. The van der Waals surface area contributed by atoms with Crippen molar-refractivity contribution in [2.24, 2.45) is 11.8 Å². The number of methoxy groups -OCH3 is 1. The average Bonchev–Trinajstić information content (AvgIpc) is 2.47. The highest BCUT2D eigenvalue weighted by Crippen LogP contribution is 2.29. The SMILES string of the molecule is COCCOCCOCCNCCC1CCC(C)CC1. The number of hydrogen-bond donors (Lipinski definition) is 1. The molecule has 1 N–H and O–H groups in total. The van der Waals surface area contributed by atoms with Crippen LogP contribution in [0.4, 0.5) is 0 Å². The van der Waals surface area contributed by atoms with E-state index in [-0.39, 0.29) is 0 Å². The van der Waals surface area contributed by atoms with Crippen LogP contribution in [-0.2, 0) is 14.2 Å². The molecule has 1 aliphatic rings. The molecule has 0 saturated heterocycles. The van der Waals surface area contributed by atoms with Gasteiger partial charge in [0, 0.05) is 13.7 Å². The van der Waals surface area contributed by atoms with E-state index in [0.29, 0.717) is 26.4 Å². The molecule has 0 bridgehead atoms. The van der Waals surface area contributed by atoms with E-state index in [9.17, 15) is 0 Å². The maximum Gasteiger partial charge on any atom is 0.0701 e. The molecule has 0 atom stereocenters. The van der Waals surface area contributed by atoms with Crippen molar-refractivity contribution in [2.75, 3.05) is 53.2 Å². The van der Waals surface area contributed by atoms with Gasteiger partial charge >= 0.3 is 0 Å². The van der Waals surface area contributed by atoms with Crippen LogP contribution in [0, 0.1) is 11.8 Å². The molecule has 1 rings (SSSR count). The molecule has 1 aliphatic carbocycles. The third kappa shape index (κ3) is 9.70. The Morgan fingerprint density at radius 2 is 1.50 bits per heavy atom.